The van der Waals surface area contributed by atoms with Crippen LogP contribution in [-0.4, -0.2) is 17.3 Å². The van der Waals surface area contributed by atoms with Gasteiger partial charge in [0.1, 0.15) is 5.75 Å². The topological polar surface area (TPSA) is 75.7 Å². The summed E-state index contributed by atoms with van der Waals surface area (Å²) in [5.41, 5.74) is 6.05. The number of nitrogens with two attached hydrogens (primary N) is 1. The van der Waals surface area contributed by atoms with Crippen molar-refractivity contribution in [3.8, 4) is 17.2 Å². The third-order valence-electron chi connectivity index (χ3n) is 1.82. The van der Waals surface area contributed by atoms with Crippen LogP contribution in [0.1, 0.15) is 18.5 Å². The average molecular weight is 183 g/mol. The summed E-state index contributed by atoms with van der Waals surface area (Å²) in [6, 6.07) is 2.59. The molecule has 0 aliphatic heterocycles. The molecule has 4 nitrogen and oxygen atoms in total. The Kier molecular flexibility index (Phi) is 2.63. The second-order valence-electron chi connectivity index (χ2n) is 2.87. The van der Waals surface area contributed by atoms with Gasteiger partial charge < -0.3 is 20.7 Å². The maximum atomic E-state index is 9.40. The van der Waals surface area contributed by atoms with E-state index in [1.807, 2.05) is 0 Å². The van der Waals surface area contributed by atoms with Crippen LogP contribution in [0.4, 0.5) is 0 Å². The molecule has 72 valence electrons. The van der Waals surface area contributed by atoms with E-state index in [9.17, 15) is 10.2 Å². The predicted octanol–water partition coefficient (Wildman–Crippen LogP) is 1.13. The summed E-state index contributed by atoms with van der Waals surface area (Å²) in [6.45, 7) is 1.72. The molecule has 4 N–H and O–H groups in total. The van der Waals surface area contributed by atoms with Crippen LogP contribution in [0, 0.1) is 0 Å². The molecular formula is C9H13NO3. The van der Waals surface area contributed by atoms with E-state index in [0.717, 1.165) is 0 Å². The maximum Gasteiger partial charge on any atom is 0.162 e. The van der Waals surface area contributed by atoms with E-state index in [2.05, 4.69) is 0 Å². The highest BCUT2D eigenvalue weighted by Gasteiger charge is 2.12. The number of rotatable bonds is 2. The van der Waals surface area contributed by atoms with Gasteiger partial charge >= 0.3 is 0 Å². The summed E-state index contributed by atoms with van der Waals surface area (Å²) in [7, 11) is 1.48. The smallest absolute Gasteiger partial charge is 0.162 e. The maximum absolute atomic E-state index is 9.40. The Bertz CT molecular complexity index is 310. The summed E-state index contributed by atoms with van der Waals surface area (Å²) in [4.78, 5) is 0. The van der Waals surface area contributed by atoms with Crippen molar-refractivity contribution >= 4 is 0 Å². The van der Waals surface area contributed by atoms with E-state index >= 15 is 0 Å². The Morgan fingerprint density at radius 1 is 1.38 bits per heavy atom. The fourth-order valence-corrected chi connectivity index (χ4v) is 1.08. The van der Waals surface area contributed by atoms with E-state index in [0.29, 0.717) is 11.3 Å². The van der Waals surface area contributed by atoms with Crippen molar-refractivity contribution in [2.24, 2.45) is 5.73 Å². The predicted molar refractivity (Wildman–Crippen MR) is 48.9 cm³/mol. The van der Waals surface area contributed by atoms with E-state index in [4.69, 9.17) is 10.5 Å². The quantitative estimate of drug-likeness (QED) is 0.601. The van der Waals surface area contributed by atoms with Gasteiger partial charge in [0.05, 0.1) is 7.11 Å². The Balaban J connectivity index is 3.25. The van der Waals surface area contributed by atoms with Gasteiger partial charge in [0.15, 0.2) is 11.5 Å². The number of ether oxygens (including phenoxy) is 1. The molecule has 4 heteroatoms. The van der Waals surface area contributed by atoms with Crippen LogP contribution >= 0.6 is 0 Å². The molecule has 0 saturated carbocycles. The minimum absolute atomic E-state index is 0.184. The minimum atomic E-state index is -0.346. The van der Waals surface area contributed by atoms with Crippen LogP contribution in [0.5, 0.6) is 17.2 Å². The lowest BCUT2D eigenvalue weighted by molar-refractivity contribution is 0.380. The lowest BCUT2D eigenvalue weighted by atomic mass is 10.1. The van der Waals surface area contributed by atoms with Gasteiger partial charge in [-0.05, 0) is 13.0 Å². The van der Waals surface area contributed by atoms with Gasteiger partial charge in [-0.3, -0.25) is 0 Å². The third kappa shape index (κ3) is 1.84. The van der Waals surface area contributed by atoms with Gasteiger partial charge in [-0.1, -0.05) is 0 Å². The van der Waals surface area contributed by atoms with Gasteiger partial charge in [0.25, 0.3) is 0 Å². The summed E-state index contributed by atoms with van der Waals surface area (Å²) in [5, 5.41) is 18.7. The Morgan fingerprint density at radius 3 is 2.46 bits per heavy atom. The molecule has 0 spiro atoms. The van der Waals surface area contributed by atoms with Gasteiger partial charge in [-0.15, -0.1) is 0 Å². The molecule has 0 bridgehead atoms. The summed E-state index contributed by atoms with van der Waals surface area (Å²) >= 11 is 0. The Labute approximate surface area is 76.6 Å². The second-order valence-corrected chi connectivity index (χ2v) is 2.87. The lowest BCUT2D eigenvalue weighted by Gasteiger charge is -2.11. The lowest BCUT2D eigenvalue weighted by Crippen LogP contribution is -2.05. The van der Waals surface area contributed by atoms with Gasteiger partial charge in [-0.2, -0.15) is 0 Å². The number of methoxy groups -OCH3 is 1. The first-order chi connectivity index (χ1) is 6.06. The molecule has 1 aromatic rings. The number of phenols is 2. The van der Waals surface area contributed by atoms with Crippen LogP contribution in [0.2, 0.25) is 0 Å². The highest BCUT2D eigenvalue weighted by atomic mass is 16.5. The molecule has 0 radical (unpaired) electrons. The molecule has 0 fully saturated rings. The summed E-state index contributed by atoms with van der Waals surface area (Å²) < 4.78 is 4.91. The number of hydrogen-bond donors (Lipinski definition) is 3. The minimum Gasteiger partial charge on any atom is -0.504 e. The van der Waals surface area contributed by atoms with Crippen molar-refractivity contribution < 1.29 is 14.9 Å². The average Bonchev–Trinajstić information content (AvgIpc) is 2.09. The second kappa shape index (κ2) is 3.53. The largest absolute Gasteiger partial charge is 0.504 e. The first-order valence-corrected chi connectivity index (χ1v) is 3.91. The van der Waals surface area contributed by atoms with Crippen LogP contribution < -0.4 is 10.5 Å². The molecular weight excluding hydrogens is 170 g/mol. The molecule has 1 unspecified atom stereocenters. The summed E-state index contributed by atoms with van der Waals surface area (Å²) in [5.74, 6) is 0.0741. The van der Waals surface area contributed by atoms with E-state index in [1.165, 1.54) is 13.2 Å². The van der Waals surface area contributed by atoms with Gasteiger partial charge in [0.2, 0.25) is 0 Å². The fourth-order valence-electron chi connectivity index (χ4n) is 1.08. The zero-order chi connectivity index (χ0) is 10.0. The van der Waals surface area contributed by atoms with E-state index in [-0.39, 0.29) is 17.5 Å². The third-order valence-corrected chi connectivity index (χ3v) is 1.82. The molecule has 1 atom stereocenters. The number of benzene rings is 1. The Hall–Kier alpha value is -1.42. The van der Waals surface area contributed by atoms with E-state index < -0.39 is 0 Å². The number of aromatic hydroxyl groups is 2. The monoisotopic (exact) mass is 183 g/mol. The fraction of sp³-hybridized carbons (Fsp3) is 0.333. The molecule has 0 heterocycles. The first-order valence-electron chi connectivity index (χ1n) is 3.91. The normalized spacial score (nSPS) is 12.5. The van der Waals surface area contributed by atoms with Gasteiger partial charge in [-0.25, -0.2) is 0 Å². The van der Waals surface area contributed by atoms with Crippen molar-refractivity contribution in [3.63, 3.8) is 0 Å². The van der Waals surface area contributed by atoms with Crippen molar-refractivity contribution in [1.82, 2.24) is 0 Å². The highest BCUT2D eigenvalue weighted by Crippen LogP contribution is 2.36. The van der Waals surface area contributed by atoms with Crippen LogP contribution in [-0.2, 0) is 0 Å². The van der Waals surface area contributed by atoms with Crippen LogP contribution in [0.25, 0.3) is 0 Å². The van der Waals surface area contributed by atoms with Crippen LogP contribution in [0.15, 0.2) is 12.1 Å². The zero-order valence-corrected chi connectivity index (χ0v) is 7.61. The van der Waals surface area contributed by atoms with Crippen molar-refractivity contribution in [2.45, 2.75) is 13.0 Å². The molecule has 1 rings (SSSR count). The molecule has 1 aromatic carbocycles. The van der Waals surface area contributed by atoms with Crippen molar-refractivity contribution in [1.29, 1.82) is 0 Å². The van der Waals surface area contributed by atoms with E-state index in [1.54, 1.807) is 13.0 Å². The molecule has 0 aliphatic carbocycles. The summed E-state index contributed by atoms with van der Waals surface area (Å²) in [6.07, 6.45) is 0. The molecule has 0 aliphatic rings. The highest BCUT2D eigenvalue weighted by molar-refractivity contribution is 5.51. The molecule has 0 amide bonds. The van der Waals surface area contributed by atoms with Gasteiger partial charge in [0, 0.05) is 17.7 Å². The standard InChI is InChI=1S/C9H13NO3/c1-5(10)7-3-6(13-2)4-8(11)9(7)12/h3-5,11-12H,10H2,1-2H3. The Morgan fingerprint density at radius 2 is 2.00 bits per heavy atom. The first kappa shape index (κ1) is 9.67. The SMILES string of the molecule is COc1cc(O)c(O)c(C(C)N)c1. The molecule has 0 aromatic heterocycles. The zero-order valence-electron chi connectivity index (χ0n) is 7.61. The number of hydrogen-bond acceptors (Lipinski definition) is 4. The van der Waals surface area contributed by atoms with Crippen molar-refractivity contribution in [3.05, 3.63) is 17.7 Å². The van der Waals surface area contributed by atoms with Crippen LogP contribution in [0.3, 0.4) is 0 Å². The number of phenolic OH excluding ortho intramolecular Hbond substituents is 2. The molecule has 13 heavy (non-hydrogen) atoms. The van der Waals surface area contributed by atoms with Crippen molar-refractivity contribution in [2.75, 3.05) is 7.11 Å². The molecule has 0 saturated heterocycles.